The summed E-state index contributed by atoms with van der Waals surface area (Å²) in [4.78, 5) is 27.1. The van der Waals surface area contributed by atoms with Crippen molar-refractivity contribution in [2.24, 2.45) is 11.7 Å². The fourth-order valence-corrected chi connectivity index (χ4v) is 3.40. The highest BCUT2D eigenvalue weighted by molar-refractivity contribution is 5.97. The standard InChI is InChI=1S/C22H26FN3O3/c23-18-9-7-16(8-10-18)15-29-20-6-2-1-5-19(20)22(28)26-13-3-4-17(14-26)21(27)25-12-11-24/h1-2,5-10,17H,3-4,11-15,24H2,(H,25,27). The number of nitrogens with zero attached hydrogens (tertiary/aromatic N) is 1. The van der Waals surface area contributed by atoms with E-state index in [9.17, 15) is 14.0 Å². The highest BCUT2D eigenvalue weighted by atomic mass is 19.1. The van der Waals surface area contributed by atoms with E-state index in [2.05, 4.69) is 5.32 Å². The number of carbonyl (C=O) groups is 2. The van der Waals surface area contributed by atoms with E-state index in [4.69, 9.17) is 10.5 Å². The topological polar surface area (TPSA) is 84.7 Å². The van der Waals surface area contributed by atoms with E-state index < -0.39 is 0 Å². The van der Waals surface area contributed by atoms with E-state index >= 15 is 0 Å². The van der Waals surface area contributed by atoms with Crippen molar-refractivity contribution in [3.05, 3.63) is 65.5 Å². The molecule has 1 heterocycles. The molecular weight excluding hydrogens is 373 g/mol. The molecule has 0 saturated carbocycles. The number of amides is 2. The van der Waals surface area contributed by atoms with Gasteiger partial charge in [0.05, 0.1) is 11.5 Å². The maximum Gasteiger partial charge on any atom is 0.257 e. The van der Waals surface area contributed by atoms with Crippen LogP contribution in [-0.4, -0.2) is 42.9 Å². The summed E-state index contributed by atoms with van der Waals surface area (Å²) in [6.45, 7) is 2.03. The summed E-state index contributed by atoms with van der Waals surface area (Å²) in [5.74, 6) is -0.285. The third kappa shape index (κ3) is 5.54. The summed E-state index contributed by atoms with van der Waals surface area (Å²) in [6, 6.07) is 13.1. The first-order valence-electron chi connectivity index (χ1n) is 9.82. The number of likely N-dealkylation sites (tertiary alicyclic amines) is 1. The predicted molar refractivity (Wildman–Crippen MR) is 108 cm³/mol. The first-order valence-corrected chi connectivity index (χ1v) is 9.82. The lowest BCUT2D eigenvalue weighted by molar-refractivity contribution is -0.126. The van der Waals surface area contributed by atoms with Crippen LogP contribution < -0.4 is 15.8 Å². The minimum absolute atomic E-state index is 0.0613. The molecule has 1 aliphatic heterocycles. The Hall–Kier alpha value is -2.93. The van der Waals surface area contributed by atoms with Gasteiger partial charge in [-0.3, -0.25) is 9.59 Å². The fourth-order valence-electron chi connectivity index (χ4n) is 3.40. The van der Waals surface area contributed by atoms with Gasteiger partial charge in [0.15, 0.2) is 0 Å². The Balaban J connectivity index is 1.67. The van der Waals surface area contributed by atoms with Gasteiger partial charge < -0.3 is 20.7 Å². The number of nitrogens with two attached hydrogens (primary N) is 1. The molecule has 1 fully saturated rings. The smallest absolute Gasteiger partial charge is 0.257 e. The molecule has 29 heavy (non-hydrogen) atoms. The number of rotatable bonds is 7. The van der Waals surface area contributed by atoms with Crippen molar-refractivity contribution in [1.29, 1.82) is 0 Å². The normalized spacial score (nSPS) is 16.3. The Bertz CT molecular complexity index is 841. The number of para-hydroxylation sites is 1. The number of piperidine rings is 1. The molecule has 0 spiro atoms. The molecule has 3 N–H and O–H groups in total. The van der Waals surface area contributed by atoms with Gasteiger partial charge >= 0.3 is 0 Å². The number of hydrogen-bond donors (Lipinski definition) is 2. The molecular formula is C22H26FN3O3. The van der Waals surface area contributed by atoms with E-state index in [1.165, 1.54) is 12.1 Å². The molecule has 1 atom stereocenters. The summed E-state index contributed by atoms with van der Waals surface area (Å²) < 4.78 is 18.9. The van der Waals surface area contributed by atoms with Crippen LogP contribution in [0, 0.1) is 11.7 Å². The quantitative estimate of drug-likeness (QED) is 0.748. The molecule has 6 nitrogen and oxygen atoms in total. The molecule has 7 heteroatoms. The molecule has 2 aromatic carbocycles. The lowest BCUT2D eigenvalue weighted by Crippen LogP contribution is -2.46. The van der Waals surface area contributed by atoms with Crippen molar-refractivity contribution in [3.8, 4) is 5.75 Å². The summed E-state index contributed by atoms with van der Waals surface area (Å²) in [5, 5.41) is 2.80. The third-order valence-corrected chi connectivity index (χ3v) is 4.95. The van der Waals surface area contributed by atoms with E-state index in [0.29, 0.717) is 37.5 Å². The number of hydrogen-bond acceptors (Lipinski definition) is 4. The maximum absolute atomic E-state index is 13.1. The Labute approximate surface area is 169 Å². The van der Waals surface area contributed by atoms with E-state index in [0.717, 1.165) is 18.4 Å². The lowest BCUT2D eigenvalue weighted by Gasteiger charge is -2.32. The zero-order chi connectivity index (χ0) is 20.6. The van der Waals surface area contributed by atoms with Gasteiger partial charge in [-0.15, -0.1) is 0 Å². The largest absolute Gasteiger partial charge is 0.488 e. The molecule has 1 aliphatic rings. The Kier molecular flexibility index (Phi) is 7.19. The van der Waals surface area contributed by atoms with Crippen LogP contribution in [0.5, 0.6) is 5.75 Å². The van der Waals surface area contributed by atoms with Crippen molar-refractivity contribution in [2.75, 3.05) is 26.2 Å². The highest BCUT2D eigenvalue weighted by Crippen LogP contribution is 2.24. The SMILES string of the molecule is NCCNC(=O)C1CCCN(C(=O)c2ccccc2OCc2ccc(F)cc2)C1. The zero-order valence-corrected chi connectivity index (χ0v) is 16.3. The second-order valence-electron chi connectivity index (χ2n) is 7.08. The molecule has 2 aromatic rings. The molecule has 0 aromatic heterocycles. The Morgan fingerprint density at radius 2 is 1.93 bits per heavy atom. The number of halogens is 1. The number of carbonyl (C=O) groups excluding carboxylic acids is 2. The first-order chi connectivity index (χ1) is 14.1. The molecule has 154 valence electrons. The van der Waals surface area contributed by atoms with Crippen LogP contribution in [0.15, 0.2) is 48.5 Å². The third-order valence-electron chi connectivity index (χ3n) is 4.95. The average molecular weight is 399 g/mol. The van der Waals surface area contributed by atoms with Crippen LogP contribution in [0.2, 0.25) is 0 Å². The van der Waals surface area contributed by atoms with E-state index in [1.807, 2.05) is 0 Å². The molecule has 0 bridgehead atoms. The highest BCUT2D eigenvalue weighted by Gasteiger charge is 2.29. The van der Waals surface area contributed by atoms with Crippen LogP contribution in [-0.2, 0) is 11.4 Å². The monoisotopic (exact) mass is 399 g/mol. The van der Waals surface area contributed by atoms with Gasteiger partial charge in [-0.25, -0.2) is 4.39 Å². The summed E-state index contributed by atoms with van der Waals surface area (Å²) >= 11 is 0. The number of benzene rings is 2. The van der Waals surface area contributed by atoms with Crippen molar-refractivity contribution in [1.82, 2.24) is 10.2 Å². The summed E-state index contributed by atoms with van der Waals surface area (Å²) in [5.41, 5.74) is 6.71. The van der Waals surface area contributed by atoms with Crippen molar-refractivity contribution < 1.29 is 18.7 Å². The average Bonchev–Trinajstić information content (AvgIpc) is 2.77. The summed E-state index contributed by atoms with van der Waals surface area (Å²) in [6.07, 6.45) is 1.52. The predicted octanol–water partition coefficient (Wildman–Crippen LogP) is 2.33. The summed E-state index contributed by atoms with van der Waals surface area (Å²) in [7, 11) is 0. The van der Waals surface area contributed by atoms with E-state index in [1.54, 1.807) is 41.3 Å². The zero-order valence-electron chi connectivity index (χ0n) is 16.3. The van der Waals surface area contributed by atoms with Gasteiger partial charge in [0.25, 0.3) is 5.91 Å². The van der Waals surface area contributed by atoms with Crippen LogP contribution in [0.1, 0.15) is 28.8 Å². The Morgan fingerprint density at radius 3 is 2.69 bits per heavy atom. The van der Waals surface area contributed by atoms with Crippen LogP contribution in [0.25, 0.3) is 0 Å². The first kappa shape index (κ1) is 20.8. The molecule has 3 rings (SSSR count). The van der Waals surface area contributed by atoms with E-state index in [-0.39, 0.29) is 30.2 Å². The number of nitrogens with one attached hydrogen (secondary N) is 1. The van der Waals surface area contributed by atoms with Crippen LogP contribution in [0.4, 0.5) is 4.39 Å². The second kappa shape index (κ2) is 10.0. The fraction of sp³-hybridized carbons (Fsp3) is 0.364. The minimum atomic E-state index is -0.306. The van der Waals surface area contributed by atoms with Gasteiger partial charge in [-0.05, 0) is 42.7 Å². The maximum atomic E-state index is 13.1. The molecule has 1 unspecified atom stereocenters. The van der Waals surface area contributed by atoms with Gasteiger partial charge in [0.1, 0.15) is 18.2 Å². The van der Waals surface area contributed by atoms with Crippen molar-refractivity contribution in [3.63, 3.8) is 0 Å². The Morgan fingerprint density at radius 1 is 1.17 bits per heavy atom. The molecule has 2 amide bonds. The van der Waals surface area contributed by atoms with Crippen LogP contribution >= 0.6 is 0 Å². The van der Waals surface area contributed by atoms with Crippen molar-refractivity contribution in [2.45, 2.75) is 19.4 Å². The van der Waals surface area contributed by atoms with Gasteiger partial charge in [-0.2, -0.15) is 0 Å². The lowest BCUT2D eigenvalue weighted by atomic mass is 9.96. The van der Waals surface area contributed by atoms with Gasteiger partial charge in [0.2, 0.25) is 5.91 Å². The van der Waals surface area contributed by atoms with Gasteiger partial charge in [-0.1, -0.05) is 24.3 Å². The van der Waals surface area contributed by atoms with Gasteiger partial charge in [0, 0.05) is 26.2 Å². The van der Waals surface area contributed by atoms with Crippen LogP contribution in [0.3, 0.4) is 0 Å². The second-order valence-corrected chi connectivity index (χ2v) is 7.08. The number of ether oxygens (including phenoxy) is 1. The molecule has 1 saturated heterocycles. The molecule has 0 aliphatic carbocycles. The molecule has 0 radical (unpaired) electrons. The minimum Gasteiger partial charge on any atom is -0.488 e. The van der Waals surface area contributed by atoms with Crippen molar-refractivity contribution >= 4 is 11.8 Å².